The third-order valence-electron chi connectivity index (χ3n) is 1.38. The zero-order valence-electron chi connectivity index (χ0n) is 7.83. The normalized spacial score (nSPS) is 13.9. The molecule has 1 aliphatic heterocycles. The molecule has 0 aliphatic carbocycles. The van der Waals surface area contributed by atoms with Crippen LogP contribution in [0.3, 0.4) is 0 Å². The van der Waals surface area contributed by atoms with Crippen molar-refractivity contribution in [2.75, 3.05) is 14.1 Å². The van der Waals surface area contributed by atoms with E-state index in [0.29, 0.717) is 0 Å². The molecule has 0 atom stereocenters. The van der Waals surface area contributed by atoms with Crippen molar-refractivity contribution in [2.45, 2.75) is 6.92 Å². The summed E-state index contributed by atoms with van der Waals surface area (Å²) in [6, 6.07) is 0. The number of rotatable bonds is 0. The summed E-state index contributed by atoms with van der Waals surface area (Å²) in [5.74, 6) is -0.477. The highest BCUT2D eigenvalue weighted by molar-refractivity contribution is 6.12. The lowest BCUT2D eigenvalue weighted by molar-refractivity contribution is -0.135. The number of nitrogens with zero attached hydrogens (tertiary/aromatic N) is 1. The van der Waals surface area contributed by atoms with Gasteiger partial charge >= 0.3 is 0 Å². The van der Waals surface area contributed by atoms with Gasteiger partial charge in [-0.15, -0.1) is 0 Å². The number of amides is 3. The molecule has 3 amide bonds. The summed E-state index contributed by atoms with van der Waals surface area (Å²) in [6.07, 6.45) is 2.50. The Labute approximate surface area is 77.9 Å². The molecule has 1 heterocycles. The zero-order valence-corrected chi connectivity index (χ0v) is 7.83. The fraction of sp³-hybridized carbons (Fsp3) is 0.375. The molecule has 1 rings (SSSR count). The molecule has 0 radical (unpaired) electrons. The van der Waals surface area contributed by atoms with Crippen LogP contribution in [0.25, 0.3) is 0 Å². The maximum atomic E-state index is 10.4. The van der Waals surface area contributed by atoms with Crippen molar-refractivity contribution in [3.63, 3.8) is 0 Å². The Hall–Kier alpha value is -1.65. The molecule has 13 heavy (non-hydrogen) atoms. The molecule has 0 saturated carbocycles. The smallest absolute Gasteiger partial charge is 0.253 e. The van der Waals surface area contributed by atoms with Crippen LogP contribution < -0.4 is 5.32 Å². The predicted molar refractivity (Wildman–Crippen MR) is 48.8 cm³/mol. The number of carbonyl (C=O) groups excluding carboxylic acids is 3. The van der Waals surface area contributed by atoms with Crippen LogP contribution in [-0.2, 0) is 14.4 Å². The van der Waals surface area contributed by atoms with Crippen LogP contribution in [-0.4, -0.2) is 36.7 Å². The van der Waals surface area contributed by atoms with E-state index in [0.717, 1.165) is 4.90 Å². The van der Waals surface area contributed by atoms with Gasteiger partial charge in [-0.3, -0.25) is 19.3 Å². The van der Waals surface area contributed by atoms with Crippen molar-refractivity contribution in [1.29, 1.82) is 0 Å². The third-order valence-corrected chi connectivity index (χ3v) is 1.38. The Morgan fingerprint density at radius 1 is 1.38 bits per heavy atom. The molecule has 0 aromatic rings. The van der Waals surface area contributed by atoms with E-state index in [1.54, 1.807) is 7.05 Å². The lowest BCUT2D eigenvalue weighted by atomic mass is 10.6. The van der Waals surface area contributed by atoms with Gasteiger partial charge in [0, 0.05) is 34.6 Å². The lowest BCUT2D eigenvalue weighted by Crippen LogP contribution is -2.24. The molecule has 5 nitrogen and oxygen atoms in total. The van der Waals surface area contributed by atoms with Crippen LogP contribution >= 0.6 is 0 Å². The highest BCUT2D eigenvalue weighted by Gasteiger charge is 2.17. The first-order valence-corrected chi connectivity index (χ1v) is 3.67. The zero-order chi connectivity index (χ0) is 10.4. The van der Waals surface area contributed by atoms with Crippen LogP contribution in [0, 0.1) is 0 Å². The van der Waals surface area contributed by atoms with Gasteiger partial charge in [0.05, 0.1) is 0 Å². The molecule has 5 heteroatoms. The van der Waals surface area contributed by atoms with E-state index in [1.807, 2.05) is 0 Å². The first-order valence-electron chi connectivity index (χ1n) is 3.67. The second-order valence-corrected chi connectivity index (χ2v) is 2.38. The average molecular weight is 186 g/mol. The highest BCUT2D eigenvalue weighted by atomic mass is 16.2. The molecular formula is C8H14N2O3. The van der Waals surface area contributed by atoms with Gasteiger partial charge in [-0.1, -0.05) is 0 Å². The van der Waals surface area contributed by atoms with E-state index in [4.69, 9.17) is 0 Å². The van der Waals surface area contributed by atoms with Gasteiger partial charge in [-0.2, -0.15) is 0 Å². The van der Waals surface area contributed by atoms with E-state index in [2.05, 4.69) is 5.32 Å². The monoisotopic (exact) mass is 186 g/mol. The minimum atomic E-state index is -0.241. The number of carbonyl (C=O) groups is 3. The molecule has 0 fully saturated rings. The van der Waals surface area contributed by atoms with Crippen molar-refractivity contribution >= 4 is 17.7 Å². The van der Waals surface area contributed by atoms with E-state index >= 15 is 0 Å². The molecule has 0 saturated heterocycles. The fourth-order valence-electron chi connectivity index (χ4n) is 0.475. The highest BCUT2D eigenvalue weighted by Crippen LogP contribution is 1.97. The second-order valence-electron chi connectivity index (χ2n) is 2.38. The number of hydrogen-bond donors (Lipinski definition) is 1. The third kappa shape index (κ3) is 4.05. The summed E-state index contributed by atoms with van der Waals surface area (Å²) in [6.45, 7) is 1.47. The van der Waals surface area contributed by atoms with Gasteiger partial charge in [0.25, 0.3) is 11.8 Å². The van der Waals surface area contributed by atoms with Crippen molar-refractivity contribution < 1.29 is 15.8 Å². The topological polar surface area (TPSA) is 66.5 Å². The summed E-state index contributed by atoms with van der Waals surface area (Å²) in [7, 11) is 3.05. The van der Waals surface area contributed by atoms with E-state index in [9.17, 15) is 14.4 Å². The Balaban J connectivity index is 0. The Morgan fingerprint density at radius 2 is 1.69 bits per heavy atom. The second kappa shape index (κ2) is 5.08. The average Bonchev–Trinajstić information content (AvgIpc) is 2.37. The minimum absolute atomic E-state index is 0. The Kier molecular flexibility index (Phi) is 4.43. The van der Waals surface area contributed by atoms with Gasteiger partial charge in [-0.25, -0.2) is 0 Å². The first kappa shape index (κ1) is 11.4. The van der Waals surface area contributed by atoms with Gasteiger partial charge in [0.15, 0.2) is 0 Å². The maximum absolute atomic E-state index is 10.4. The van der Waals surface area contributed by atoms with Gasteiger partial charge < -0.3 is 5.32 Å². The van der Waals surface area contributed by atoms with E-state index in [1.165, 1.54) is 26.1 Å². The molecule has 1 aliphatic rings. The molecule has 0 spiro atoms. The van der Waals surface area contributed by atoms with Gasteiger partial charge in [0.1, 0.15) is 0 Å². The summed E-state index contributed by atoms with van der Waals surface area (Å²) < 4.78 is 0. The maximum Gasteiger partial charge on any atom is 0.253 e. The summed E-state index contributed by atoms with van der Waals surface area (Å²) in [4.78, 5) is 31.6. The molecular weight excluding hydrogens is 172 g/mol. The van der Waals surface area contributed by atoms with E-state index in [-0.39, 0.29) is 19.1 Å². The minimum Gasteiger partial charge on any atom is -0.359 e. The van der Waals surface area contributed by atoms with Crippen LogP contribution in [0.5, 0.6) is 0 Å². The lowest BCUT2D eigenvalue weighted by Gasteiger charge is -2.01. The first-order chi connectivity index (χ1) is 5.99. The van der Waals surface area contributed by atoms with Crippen molar-refractivity contribution in [1.82, 2.24) is 10.2 Å². The molecule has 1 N–H and O–H groups in total. The summed E-state index contributed by atoms with van der Waals surface area (Å²) in [5.41, 5.74) is 0. The predicted octanol–water partition coefficient (Wildman–Crippen LogP) is -0.461. The van der Waals surface area contributed by atoms with Crippen molar-refractivity contribution in [3.8, 4) is 0 Å². The van der Waals surface area contributed by atoms with Crippen LogP contribution in [0.4, 0.5) is 0 Å². The standard InChI is InChI=1S/C5H5NO2.C3H7NO.H2/c1-6-4(7)2-3-5(6)8;1-3(5)4-2;/h2-3H,1H3;1-2H3,(H,4,5);1H. The fourth-order valence-corrected chi connectivity index (χ4v) is 0.475. The number of imide groups is 1. The Morgan fingerprint density at radius 3 is 1.77 bits per heavy atom. The Bertz CT molecular complexity index is 245. The van der Waals surface area contributed by atoms with E-state index < -0.39 is 0 Å². The molecule has 0 unspecified atom stereocenters. The number of nitrogens with one attached hydrogen (secondary N) is 1. The SMILES string of the molecule is CN1C(=O)C=CC1=O.CNC(C)=O.[HH]. The van der Waals surface area contributed by atoms with Crippen LogP contribution in [0.1, 0.15) is 8.35 Å². The van der Waals surface area contributed by atoms with Gasteiger partial charge in [-0.05, 0) is 0 Å². The molecule has 0 bridgehead atoms. The van der Waals surface area contributed by atoms with Crippen molar-refractivity contribution in [3.05, 3.63) is 12.2 Å². The van der Waals surface area contributed by atoms with Crippen LogP contribution in [0.15, 0.2) is 12.2 Å². The summed E-state index contributed by atoms with van der Waals surface area (Å²) in [5, 5.41) is 2.39. The van der Waals surface area contributed by atoms with Crippen molar-refractivity contribution in [2.24, 2.45) is 0 Å². The van der Waals surface area contributed by atoms with Gasteiger partial charge in [0.2, 0.25) is 5.91 Å². The molecule has 74 valence electrons. The summed E-state index contributed by atoms with van der Waals surface area (Å²) >= 11 is 0. The van der Waals surface area contributed by atoms with Crippen LogP contribution in [0.2, 0.25) is 0 Å². The molecule has 0 aromatic heterocycles. The number of likely N-dealkylation sites (N-methyl/N-ethyl adjacent to an activating group) is 1. The number of hydrogen-bond acceptors (Lipinski definition) is 3. The molecule has 0 aromatic carbocycles. The quantitative estimate of drug-likeness (QED) is 0.520. The largest absolute Gasteiger partial charge is 0.359 e.